The quantitative estimate of drug-likeness (QED) is 0.341. The average molecular weight is 469 g/mol. The Labute approximate surface area is 201 Å². The highest BCUT2D eigenvalue weighted by atomic mass is 16.4. The number of aliphatic hydroxyl groups is 1. The smallest absolute Gasteiger partial charge is 0.243 e. The van der Waals surface area contributed by atoms with Gasteiger partial charge in [0.25, 0.3) is 0 Å². The van der Waals surface area contributed by atoms with Gasteiger partial charge in [-0.2, -0.15) is 0 Å². The molecule has 8 nitrogen and oxygen atoms in total. The van der Waals surface area contributed by atoms with Crippen LogP contribution >= 0.6 is 0 Å². The number of benzene rings is 2. The van der Waals surface area contributed by atoms with Gasteiger partial charge in [-0.05, 0) is 47.7 Å². The predicted octanol–water partition coefficient (Wildman–Crippen LogP) is 0.645. The summed E-state index contributed by atoms with van der Waals surface area (Å²) in [6.07, 6.45) is 5.15. The highest BCUT2D eigenvalue weighted by Gasteiger charge is 2.55. The van der Waals surface area contributed by atoms with Gasteiger partial charge in [0.15, 0.2) is 5.78 Å². The largest absolute Gasteiger partial charge is 0.543 e. The Morgan fingerprint density at radius 2 is 1.94 bits per heavy atom. The maximum atomic E-state index is 13.4. The van der Waals surface area contributed by atoms with Gasteiger partial charge in [0, 0.05) is 16.7 Å². The maximum absolute atomic E-state index is 13.4. The predicted molar refractivity (Wildman–Crippen MR) is 122 cm³/mol. The number of aliphatic hydroxyl groups excluding tert-OH is 1. The van der Waals surface area contributed by atoms with Crippen molar-refractivity contribution in [1.82, 2.24) is 9.47 Å². The summed E-state index contributed by atoms with van der Waals surface area (Å²) in [5.41, 5.74) is 4.56. The Morgan fingerprint density at radius 1 is 1.20 bits per heavy atom. The van der Waals surface area contributed by atoms with Crippen molar-refractivity contribution >= 4 is 23.2 Å². The van der Waals surface area contributed by atoms with Crippen LogP contribution in [0.2, 0.25) is 0 Å². The zero-order valence-electron chi connectivity index (χ0n) is 19.3. The van der Waals surface area contributed by atoms with Gasteiger partial charge in [0.1, 0.15) is 18.9 Å². The van der Waals surface area contributed by atoms with Crippen LogP contribution in [0.5, 0.6) is 0 Å². The number of ketones is 1. The summed E-state index contributed by atoms with van der Waals surface area (Å²) in [6.45, 7) is 1.97. The van der Waals surface area contributed by atoms with Crippen LogP contribution in [0.3, 0.4) is 0 Å². The molecule has 1 aromatic heterocycles. The van der Waals surface area contributed by atoms with Gasteiger partial charge in [-0.15, -0.1) is 0 Å². The Bertz CT molecular complexity index is 1480. The summed E-state index contributed by atoms with van der Waals surface area (Å²) < 4.78 is 3.86. The monoisotopic (exact) mass is 469 g/mol. The summed E-state index contributed by atoms with van der Waals surface area (Å²) in [7, 11) is 1.91. The number of rotatable bonds is 5. The molecule has 8 heteroatoms. The number of nitrogens with zero attached hydrogens (tertiary/aromatic N) is 3. The minimum atomic E-state index is -1.42. The van der Waals surface area contributed by atoms with E-state index in [-0.39, 0.29) is 11.5 Å². The van der Waals surface area contributed by atoms with Crippen LogP contribution in [-0.4, -0.2) is 44.4 Å². The minimum absolute atomic E-state index is 0.0534. The lowest BCUT2D eigenvalue weighted by molar-refractivity contribution is -0.671. The van der Waals surface area contributed by atoms with E-state index in [9.17, 15) is 24.6 Å². The van der Waals surface area contributed by atoms with Crippen molar-refractivity contribution < 1.29 is 29.2 Å². The van der Waals surface area contributed by atoms with Crippen LogP contribution in [0.1, 0.15) is 40.4 Å². The van der Waals surface area contributed by atoms with Crippen LogP contribution in [0, 0.1) is 5.92 Å². The number of aromatic nitrogens is 2. The van der Waals surface area contributed by atoms with Crippen molar-refractivity contribution in [3.63, 3.8) is 0 Å². The first-order chi connectivity index (χ1) is 16.8. The van der Waals surface area contributed by atoms with E-state index in [0.29, 0.717) is 35.2 Å². The number of aryl methyl sites for hydroxylation is 1. The fourth-order valence-corrected chi connectivity index (χ4v) is 5.84. The van der Waals surface area contributed by atoms with Gasteiger partial charge in [0.05, 0.1) is 36.8 Å². The zero-order valence-corrected chi connectivity index (χ0v) is 19.3. The molecule has 3 aromatic rings. The molecule has 3 aliphatic rings. The van der Waals surface area contributed by atoms with E-state index in [4.69, 9.17) is 0 Å². The van der Waals surface area contributed by atoms with Gasteiger partial charge < -0.3 is 19.9 Å². The zero-order chi connectivity index (χ0) is 24.6. The highest BCUT2D eigenvalue weighted by molar-refractivity contribution is 6.23. The Hall–Kier alpha value is -4.04. The normalized spacial score (nSPS) is 21.1. The molecule has 1 aliphatic carbocycles. The molecule has 0 unspecified atom stereocenters. The molecule has 1 N–H and O–H groups in total. The third kappa shape index (κ3) is 3.03. The first-order valence-electron chi connectivity index (χ1n) is 11.5. The Balaban J connectivity index is 1.54. The Morgan fingerprint density at radius 3 is 2.60 bits per heavy atom. The number of carbonyl (C=O) groups is 3. The van der Waals surface area contributed by atoms with Gasteiger partial charge in [-0.3, -0.25) is 9.59 Å². The molecular formula is C27H23N3O5. The van der Waals surface area contributed by atoms with Crippen LogP contribution in [0.4, 0.5) is 0 Å². The molecule has 176 valence electrons. The van der Waals surface area contributed by atoms with Crippen molar-refractivity contribution in [2.24, 2.45) is 13.0 Å². The van der Waals surface area contributed by atoms with Crippen LogP contribution < -0.4 is 9.67 Å². The van der Waals surface area contributed by atoms with Gasteiger partial charge in [0.2, 0.25) is 12.2 Å². The van der Waals surface area contributed by atoms with Gasteiger partial charge >= 0.3 is 0 Å². The molecule has 0 saturated carbocycles. The number of carboxylic acid groups (broad SMARTS) is 1. The van der Waals surface area contributed by atoms with Crippen molar-refractivity contribution in [1.29, 1.82) is 0 Å². The number of carboxylic acids is 1. The average Bonchev–Trinajstić information content (AvgIpc) is 3.46. The number of β-lactam (4-membered cyclic amide) rings is 1. The summed E-state index contributed by atoms with van der Waals surface area (Å²) >= 11 is 0. The lowest BCUT2D eigenvalue weighted by Gasteiger charge is -2.45. The third-order valence-corrected chi connectivity index (χ3v) is 7.36. The summed E-state index contributed by atoms with van der Waals surface area (Å²) in [5.74, 6) is -2.52. The highest BCUT2D eigenvalue weighted by Crippen LogP contribution is 2.48. The van der Waals surface area contributed by atoms with Gasteiger partial charge in [-0.1, -0.05) is 24.3 Å². The van der Waals surface area contributed by atoms with Crippen molar-refractivity contribution in [3.05, 3.63) is 83.1 Å². The number of imidazole rings is 1. The molecule has 3 heterocycles. The van der Waals surface area contributed by atoms with Crippen LogP contribution in [0.15, 0.2) is 60.8 Å². The number of hydrogen-bond donors (Lipinski definition) is 1. The van der Waals surface area contributed by atoms with Crippen molar-refractivity contribution in [2.75, 3.05) is 0 Å². The third-order valence-electron chi connectivity index (χ3n) is 7.36. The van der Waals surface area contributed by atoms with Crippen molar-refractivity contribution in [2.45, 2.75) is 32.0 Å². The summed E-state index contributed by atoms with van der Waals surface area (Å²) in [6, 6.07) is 10.7. The topological polar surface area (TPSA) is 107 Å². The summed E-state index contributed by atoms with van der Waals surface area (Å²) in [4.78, 5) is 39.5. The standard InChI is InChI=1S/C27H23N3O5/c1-14(31)22-21-11-19(24(27(34)35)30(21)26(22)33)15-9-16(12-29-8-7-28(2)13-29)23-20(10-15)17-5-3-4-6-18(17)25(23)32/h3-10,13-14,21-22,31H,11-12H2,1-2H3/t14-,21-,22-/m1/s1. The minimum Gasteiger partial charge on any atom is -0.543 e. The fourth-order valence-electron chi connectivity index (χ4n) is 5.84. The second-order valence-electron chi connectivity index (χ2n) is 9.54. The van der Waals surface area contributed by atoms with E-state index in [1.54, 1.807) is 13.0 Å². The molecule has 0 spiro atoms. The van der Waals surface area contributed by atoms with E-state index in [1.807, 2.05) is 65.2 Å². The first kappa shape index (κ1) is 21.5. The molecule has 0 radical (unpaired) electrons. The molecule has 2 aromatic carbocycles. The SMILES string of the molecule is C[C@@H](O)[C@H]1C(=O)N2C(C(=O)[O-])=C(c3cc(Cn4cc[n+](C)c4)c4c(c3)-c3ccccc3C4=O)C[C@H]12. The summed E-state index contributed by atoms with van der Waals surface area (Å²) in [5, 5.41) is 22.2. The molecule has 0 bridgehead atoms. The lowest BCUT2D eigenvalue weighted by atomic mass is 9.82. The number of aliphatic carboxylic acids is 1. The van der Waals surface area contributed by atoms with Crippen molar-refractivity contribution in [3.8, 4) is 11.1 Å². The number of fused-ring (bicyclic) bond motifs is 4. The molecule has 6 rings (SSSR count). The molecule has 35 heavy (non-hydrogen) atoms. The number of hydrogen-bond acceptors (Lipinski definition) is 5. The van der Waals surface area contributed by atoms with E-state index in [2.05, 4.69) is 0 Å². The van der Waals surface area contributed by atoms with Crippen LogP contribution in [-0.2, 0) is 23.2 Å². The second kappa shape index (κ2) is 7.48. The second-order valence-corrected chi connectivity index (χ2v) is 9.54. The number of carbonyl (C=O) groups excluding carboxylic acids is 3. The molecule has 3 atom stereocenters. The van der Waals surface area contributed by atoms with E-state index < -0.39 is 29.9 Å². The van der Waals surface area contributed by atoms with Gasteiger partial charge in [-0.25, -0.2) is 9.13 Å². The first-order valence-corrected chi connectivity index (χ1v) is 11.5. The van der Waals surface area contributed by atoms with E-state index in [1.165, 1.54) is 4.90 Å². The molecule has 2 aliphatic heterocycles. The molecule has 1 fully saturated rings. The molecule has 1 saturated heterocycles. The molecule has 1 amide bonds. The molecular weight excluding hydrogens is 446 g/mol. The van der Waals surface area contributed by atoms with E-state index >= 15 is 0 Å². The van der Waals surface area contributed by atoms with Crippen LogP contribution in [0.25, 0.3) is 16.7 Å². The Kier molecular flexibility index (Phi) is 4.59. The lowest BCUT2D eigenvalue weighted by Crippen LogP contribution is -2.62. The maximum Gasteiger partial charge on any atom is 0.243 e. The van der Waals surface area contributed by atoms with E-state index in [0.717, 1.165) is 16.7 Å². The number of amides is 1. The fraction of sp³-hybridized carbons (Fsp3) is 0.259.